The summed E-state index contributed by atoms with van der Waals surface area (Å²) in [6, 6.07) is 9.93. The number of nitrogens with zero attached hydrogens (tertiary/aromatic N) is 2. The minimum atomic E-state index is -0.0483. The van der Waals surface area contributed by atoms with Gasteiger partial charge < -0.3 is 14.1 Å². The lowest BCUT2D eigenvalue weighted by Gasteiger charge is -2.21. The maximum absolute atomic E-state index is 12.6. The van der Waals surface area contributed by atoms with Crippen molar-refractivity contribution < 1.29 is 13.9 Å². The van der Waals surface area contributed by atoms with Crippen LogP contribution in [0.15, 0.2) is 41.1 Å². The monoisotopic (exact) mass is 312 g/mol. The molecule has 5 nitrogen and oxygen atoms in total. The summed E-state index contributed by atoms with van der Waals surface area (Å²) in [7, 11) is 0. The van der Waals surface area contributed by atoms with Crippen LogP contribution in [0.2, 0.25) is 0 Å². The van der Waals surface area contributed by atoms with Crippen LogP contribution in [0.3, 0.4) is 0 Å². The van der Waals surface area contributed by atoms with Gasteiger partial charge in [-0.05, 0) is 37.8 Å². The number of aryl methyl sites for hydroxylation is 1. The number of amides is 1. The summed E-state index contributed by atoms with van der Waals surface area (Å²) >= 11 is 0. The van der Waals surface area contributed by atoms with Crippen LogP contribution in [0.5, 0.6) is 5.75 Å². The molecule has 3 atom stereocenters. The zero-order valence-electron chi connectivity index (χ0n) is 13.1. The molecule has 0 unspecified atom stereocenters. The molecule has 0 radical (unpaired) electrons. The molecular weight excluding hydrogens is 292 g/mol. The smallest absolute Gasteiger partial charge is 0.291 e. The second-order valence-corrected chi connectivity index (χ2v) is 6.45. The molecule has 23 heavy (non-hydrogen) atoms. The quantitative estimate of drug-likeness (QED) is 0.874. The lowest BCUT2D eigenvalue weighted by Crippen LogP contribution is -2.32. The summed E-state index contributed by atoms with van der Waals surface area (Å²) < 4.78 is 11.4. The molecule has 1 amide bonds. The molecule has 1 aliphatic heterocycles. The van der Waals surface area contributed by atoms with E-state index in [0.717, 1.165) is 31.7 Å². The van der Waals surface area contributed by atoms with Crippen molar-refractivity contribution in [1.29, 1.82) is 0 Å². The molecule has 2 aromatic rings. The Bertz CT molecular complexity index is 697. The molecule has 0 bridgehead atoms. The van der Waals surface area contributed by atoms with E-state index in [0.29, 0.717) is 23.3 Å². The van der Waals surface area contributed by atoms with Crippen LogP contribution < -0.4 is 4.74 Å². The van der Waals surface area contributed by atoms with Gasteiger partial charge in [-0.3, -0.25) is 4.79 Å². The number of oxazole rings is 1. The second kappa shape index (κ2) is 5.72. The van der Waals surface area contributed by atoms with Crippen molar-refractivity contribution in [1.82, 2.24) is 9.88 Å². The van der Waals surface area contributed by atoms with Gasteiger partial charge in [0, 0.05) is 19.0 Å². The van der Waals surface area contributed by atoms with Gasteiger partial charge in [-0.15, -0.1) is 0 Å². The van der Waals surface area contributed by atoms with Crippen LogP contribution >= 0.6 is 0 Å². The van der Waals surface area contributed by atoms with E-state index in [1.165, 1.54) is 6.39 Å². The van der Waals surface area contributed by atoms with Gasteiger partial charge in [0.15, 0.2) is 6.39 Å². The zero-order chi connectivity index (χ0) is 15.8. The average molecular weight is 312 g/mol. The van der Waals surface area contributed by atoms with Gasteiger partial charge in [0.2, 0.25) is 5.76 Å². The molecule has 2 fully saturated rings. The standard InChI is InChI=1S/C18H20N2O3/c1-12-17(22-11-19-12)18(21)20-9-13-7-8-16(15(13)10-20)23-14-5-3-2-4-6-14/h2-6,11,13,15-16H,7-10H2,1H3/t13-,15+,16-/m0/s1. The van der Waals surface area contributed by atoms with E-state index in [2.05, 4.69) is 4.98 Å². The molecule has 1 saturated heterocycles. The van der Waals surface area contributed by atoms with Crippen molar-refractivity contribution in [3.05, 3.63) is 48.2 Å². The number of hydrogen-bond donors (Lipinski definition) is 0. The van der Waals surface area contributed by atoms with Gasteiger partial charge in [0.25, 0.3) is 5.91 Å². The number of para-hydroxylation sites is 1. The van der Waals surface area contributed by atoms with Gasteiger partial charge >= 0.3 is 0 Å². The lowest BCUT2D eigenvalue weighted by atomic mass is 9.99. The molecule has 0 N–H and O–H groups in total. The summed E-state index contributed by atoms with van der Waals surface area (Å²) in [5.41, 5.74) is 0.657. The molecule has 2 heterocycles. The third-order valence-corrected chi connectivity index (χ3v) is 5.05. The van der Waals surface area contributed by atoms with Gasteiger partial charge in [-0.1, -0.05) is 18.2 Å². The first kappa shape index (κ1) is 14.3. The second-order valence-electron chi connectivity index (χ2n) is 6.45. The average Bonchev–Trinajstić information content (AvgIpc) is 3.25. The number of carbonyl (C=O) groups is 1. The number of fused-ring (bicyclic) bond motifs is 1. The maximum Gasteiger partial charge on any atom is 0.291 e. The third-order valence-electron chi connectivity index (χ3n) is 5.05. The predicted octanol–water partition coefficient (Wildman–Crippen LogP) is 2.91. The Hall–Kier alpha value is -2.30. The molecule has 2 aliphatic rings. The molecule has 1 saturated carbocycles. The molecule has 0 spiro atoms. The highest BCUT2D eigenvalue weighted by molar-refractivity contribution is 5.92. The third kappa shape index (κ3) is 2.60. The van der Waals surface area contributed by atoms with Gasteiger partial charge in [-0.2, -0.15) is 0 Å². The highest BCUT2D eigenvalue weighted by atomic mass is 16.5. The first-order valence-corrected chi connectivity index (χ1v) is 8.13. The highest BCUT2D eigenvalue weighted by Gasteiger charge is 2.45. The van der Waals surface area contributed by atoms with Crippen LogP contribution in [0.1, 0.15) is 29.1 Å². The fraction of sp³-hybridized carbons (Fsp3) is 0.444. The van der Waals surface area contributed by atoms with E-state index in [1.54, 1.807) is 6.92 Å². The number of rotatable bonds is 3. The van der Waals surface area contributed by atoms with E-state index < -0.39 is 0 Å². The van der Waals surface area contributed by atoms with E-state index in [4.69, 9.17) is 9.15 Å². The van der Waals surface area contributed by atoms with E-state index in [9.17, 15) is 4.79 Å². The van der Waals surface area contributed by atoms with Crippen LogP contribution in [0, 0.1) is 18.8 Å². The minimum Gasteiger partial charge on any atom is -0.490 e. The summed E-state index contributed by atoms with van der Waals surface area (Å²) in [6.07, 6.45) is 3.70. The normalized spacial score (nSPS) is 26.3. The molecule has 1 aromatic carbocycles. The van der Waals surface area contributed by atoms with Crippen LogP contribution in [-0.4, -0.2) is 35.0 Å². The first-order chi connectivity index (χ1) is 11.2. The molecule has 120 valence electrons. The number of carbonyl (C=O) groups excluding carboxylic acids is 1. The van der Waals surface area contributed by atoms with Gasteiger partial charge in [0.1, 0.15) is 11.9 Å². The number of aromatic nitrogens is 1. The first-order valence-electron chi connectivity index (χ1n) is 8.13. The summed E-state index contributed by atoms with van der Waals surface area (Å²) in [4.78, 5) is 18.5. The topological polar surface area (TPSA) is 55.6 Å². The van der Waals surface area contributed by atoms with Gasteiger partial charge in [-0.25, -0.2) is 4.98 Å². The number of likely N-dealkylation sites (tertiary alicyclic amines) is 1. The van der Waals surface area contributed by atoms with Crippen molar-refractivity contribution in [3.63, 3.8) is 0 Å². The van der Waals surface area contributed by atoms with Crippen LogP contribution in [0.4, 0.5) is 0 Å². The predicted molar refractivity (Wildman–Crippen MR) is 84.2 cm³/mol. The molecule has 4 rings (SSSR count). The van der Waals surface area contributed by atoms with Crippen LogP contribution in [0.25, 0.3) is 0 Å². The zero-order valence-corrected chi connectivity index (χ0v) is 13.1. The van der Waals surface area contributed by atoms with Crippen molar-refractivity contribution in [2.45, 2.75) is 25.9 Å². The van der Waals surface area contributed by atoms with Crippen LogP contribution in [-0.2, 0) is 0 Å². The largest absolute Gasteiger partial charge is 0.490 e. The summed E-state index contributed by atoms with van der Waals surface area (Å²) in [5.74, 6) is 2.16. The number of ether oxygens (including phenoxy) is 1. The maximum atomic E-state index is 12.6. The van der Waals surface area contributed by atoms with Crippen molar-refractivity contribution in [2.24, 2.45) is 11.8 Å². The summed E-state index contributed by atoms with van der Waals surface area (Å²) in [6.45, 7) is 3.33. The van der Waals surface area contributed by atoms with E-state index >= 15 is 0 Å². The summed E-state index contributed by atoms with van der Waals surface area (Å²) in [5, 5.41) is 0. The Balaban J connectivity index is 1.45. The Morgan fingerprint density at radius 3 is 2.83 bits per heavy atom. The Morgan fingerprint density at radius 2 is 2.09 bits per heavy atom. The molecule has 1 aliphatic carbocycles. The van der Waals surface area contributed by atoms with E-state index in [-0.39, 0.29) is 12.0 Å². The Labute approximate surface area is 135 Å². The highest BCUT2D eigenvalue weighted by Crippen LogP contribution is 2.40. The van der Waals surface area contributed by atoms with Crippen molar-refractivity contribution >= 4 is 5.91 Å². The molecule has 1 aromatic heterocycles. The lowest BCUT2D eigenvalue weighted by molar-refractivity contribution is 0.0730. The SMILES string of the molecule is Cc1ncoc1C(=O)N1C[C@@H]2CC[C@H](Oc3ccccc3)[C@@H]2C1. The van der Waals surface area contributed by atoms with E-state index in [1.807, 2.05) is 35.2 Å². The molecular formula is C18H20N2O3. The Kier molecular flexibility index (Phi) is 3.56. The van der Waals surface area contributed by atoms with Crippen molar-refractivity contribution in [2.75, 3.05) is 13.1 Å². The number of benzene rings is 1. The Morgan fingerprint density at radius 1 is 1.26 bits per heavy atom. The van der Waals surface area contributed by atoms with Gasteiger partial charge in [0.05, 0.1) is 5.69 Å². The molecule has 5 heteroatoms. The number of hydrogen-bond acceptors (Lipinski definition) is 4. The fourth-order valence-electron chi connectivity index (χ4n) is 3.85. The fourth-order valence-corrected chi connectivity index (χ4v) is 3.85. The minimum absolute atomic E-state index is 0.0483. The van der Waals surface area contributed by atoms with Crippen molar-refractivity contribution in [3.8, 4) is 5.75 Å².